The van der Waals surface area contributed by atoms with Gasteiger partial charge in [-0.15, -0.1) is 0 Å². The third-order valence-corrected chi connectivity index (χ3v) is 2.86. The number of carbonyl (C=O) groups excluding carboxylic acids is 2. The maximum atomic E-state index is 12.1. The van der Waals surface area contributed by atoms with Crippen molar-refractivity contribution in [3.63, 3.8) is 0 Å². The van der Waals surface area contributed by atoms with Crippen molar-refractivity contribution in [3.05, 3.63) is 24.3 Å². The number of nitrogens with two attached hydrogens (primary N) is 1. The quantitative estimate of drug-likeness (QED) is 0.895. The summed E-state index contributed by atoms with van der Waals surface area (Å²) in [5, 5.41) is 0. The number of ether oxygens (including phenoxy) is 1. The monoisotopic (exact) mass is 270 g/mol. The maximum absolute atomic E-state index is 12.1. The highest BCUT2D eigenvalue weighted by Crippen LogP contribution is 2.29. The van der Waals surface area contributed by atoms with Crippen LogP contribution in [-0.2, 0) is 9.59 Å². The highest BCUT2D eigenvalue weighted by molar-refractivity contribution is 6.03. The summed E-state index contributed by atoms with van der Waals surface area (Å²) in [6.07, 6.45) is 0.529. The minimum atomic E-state index is -2.95. The Labute approximate surface area is 107 Å². The molecule has 1 aliphatic rings. The van der Waals surface area contributed by atoms with E-state index in [0.717, 1.165) is 0 Å². The van der Waals surface area contributed by atoms with Gasteiger partial charge in [-0.05, 0) is 18.6 Å². The summed E-state index contributed by atoms with van der Waals surface area (Å²) in [5.41, 5.74) is 5.55. The van der Waals surface area contributed by atoms with Crippen molar-refractivity contribution in [2.24, 2.45) is 5.73 Å². The van der Waals surface area contributed by atoms with Gasteiger partial charge in [0.15, 0.2) is 0 Å². The van der Waals surface area contributed by atoms with Gasteiger partial charge in [0.2, 0.25) is 11.8 Å². The van der Waals surface area contributed by atoms with Crippen molar-refractivity contribution < 1.29 is 23.1 Å². The fourth-order valence-corrected chi connectivity index (χ4v) is 2.09. The van der Waals surface area contributed by atoms with Crippen LogP contribution in [0.5, 0.6) is 5.75 Å². The van der Waals surface area contributed by atoms with Crippen LogP contribution < -0.4 is 15.4 Å². The topological polar surface area (TPSA) is 72.6 Å². The number of alkyl halides is 2. The van der Waals surface area contributed by atoms with Gasteiger partial charge in [0.1, 0.15) is 11.8 Å². The number of hydrogen-bond donors (Lipinski definition) is 1. The van der Waals surface area contributed by atoms with Crippen molar-refractivity contribution in [2.75, 3.05) is 4.90 Å². The zero-order valence-electron chi connectivity index (χ0n) is 9.88. The number of primary amides is 1. The fraction of sp³-hybridized carbons (Fsp3) is 0.333. The number of rotatable bonds is 4. The van der Waals surface area contributed by atoms with E-state index in [9.17, 15) is 18.4 Å². The van der Waals surface area contributed by atoms with Gasteiger partial charge < -0.3 is 10.5 Å². The van der Waals surface area contributed by atoms with E-state index in [4.69, 9.17) is 5.73 Å². The second-order valence-corrected chi connectivity index (χ2v) is 4.10. The second kappa shape index (κ2) is 5.21. The Morgan fingerprint density at radius 1 is 1.47 bits per heavy atom. The van der Waals surface area contributed by atoms with E-state index >= 15 is 0 Å². The molecule has 1 aromatic carbocycles. The molecule has 2 amide bonds. The molecule has 0 saturated carbocycles. The number of nitrogens with zero attached hydrogens (tertiary/aromatic N) is 1. The summed E-state index contributed by atoms with van der Waals surface area (Å²) in [5.74, 6) is -0.959. The van der Waals surface area contributed by atoms with E-state index in [-0.39, 0.29) is 18.1 Å². The third kappa shape index (κ3) is 2.81. The van der Waals surface area contributed by atoms with Crippen LogP contribution in [0.2, 0.25) is 0 Å². The van der Waals surface area contributed by atoms with Crippen LogP contribution in [0.15, 0.2) is 24.3 Å². The van der Waals surface area contributed by atoms with Gasteiger partial charge in [0, 0.05) is 18.2 Å². The first-order chi connectivity index (χ1) is 8.99. The molecule has 0 aliphatic carbocycles. The highest BCUT2D eigenvalue weighted by atomic mass is 19.3. The minimum Gasteiger partial charge on any atom is -0.435 e. The molecule has 1 saturated heterocycles. The Kier molecular flexibility index (Phi) is 3.64. The highest BCUT2D eigenvalue weighted by Gasteiger charge is 2.35. The molecule has 7 heteroatoms. The lowest BCUT2D eigenvalue weighted by Gasteiger charge is -2.22. The van der Waals surface area contributed by atoms with Crippen molar-refractivity contribution >= 4 is 17.5 Å². The molecule has 2 N–H and O–H groups in total. The average molecular weight is 270 g/mol. The maximum Gasteiger partial charge on any atom is 0.387 e. The van der Waals surface area contributed by atoms with Crippen LogP contribution in [0.1, 0.15) is 12.8 Å². The molecule has 1 aromatic rings. The molecule has 0 radical (unpaired) electrons. The number of carbonyl (C=O) groups is 2. The van der Waals surface area contributed by atoms with E-state index in [1.165, 1.54) is 29.2 Å². The van der Waals surface area contributed by atoms with E-state index in [0.29, 0.717) is 12.1 Å². The molecular weight excluding hydrogens is 258 g/mol. The van der Waals surface area contributed by atoms with Gasteiger partial charge in [-0.3, -0.25) is 14.5 Å². The Balaban J connectivity index is 2.29. The van der Waals surface area contributed by atoms with Crippen molar-refractivity contribution in [1.29, 1.82) is 0 Å². The van der Waals surface area contributed by atoms with Gasteiger partial charge in [-0.1, -0.05) is 6.07 Å². The lowest BCUT2D eigenvalue weighted by atomic mass is 10.2. The van der Waals surface area contributed by atoms with Crippen LogP contribution in [0, 0.1) is 0 Å². The predicted octanol–water partition coefficient (Wildman–Crippen LogP) is 1.27. The molecular formula is C12H12F2N2O3. The van der Waals surface area contributed by atoms with Crippen molar-refractivity contribution in [3.8, 4) is 5.75 Å². The number of halogens is 2. The van der Waals surface area contributed by atoms with Gasteiger partial charge in [-0.2, -0.15) is 8.78 Å². The Bertz CT molecular complexity index is 508. The van der Waals surface area contributed by atoms with Crippen LogP contribution >= 0.6 is 0 Å². The molecule has 0 spiro atoms. The second-order valence-electron chi connectivity index (χ2n) is 4.10. The van der Waals surface area contributed by atoms with Crippen molar-refractivity contribution in [2.45, 2.75) is 25.5 Å². The predicted molar refractivity (Wildman–Crippen MR) is 62.8 cm³/mol. The zero-order valence-corrected chi connectivity index (χ0v) is 9.88. The molecule has 0 aromatic heterocycles. The summed E-state index contributed by atoms with van der Waals surface area (Å²) >= 11 is 0. The molecule has 1 heterocycles. The van der Waals surface area contributed by atoms with Gasteiger partial charge in [0.25, 0.3) is 0 Å². The minimum absolute atomic E-state index is 0.0737. The summed E-state index contributed by atoms with van der Waals surface area (Å²) < 4.78 is 28.5. The normalized spacial score (nSPS) is 19.0. The summed E-state index contributed by atoms with van der Waals surface area (Å²) in [7, 11) is 0. The SMILES string of the molecule is NC(=O)C1CCC(=O)N1c1cccc(OC(F)F)c1. The van der Waals surface area contributed by atoms with Crippen LogP contribution in [0.25, 0.3) is 0 Å². The molecule has 102 valence electrons. The van der Waals surface area contributed by atoms with Gasteiger partial charge in [0.05, 0.1) is 0 Å². The van der Waals surface area contributed by atoms with Gasteiger partial charge >= 0.3 is 6.61 Å². The number of benzene rings is 1. The molecule has 1 fully saturated rings. The van der Waals surface area contributed by atoms with Gasteiger partial charge in [-0.25, -0.2) is 0 Å². The van der Waals surface area contributed by atoms with Crippen LogP contribution in [0.3, 0.4) is 0 Å². The average Bonchev–Trinajstić information content (AvgIpc) is 2.70. The van der Waals surface area contributed by atoms with Crippen LogP contribution in [-0.4, -0.2) is 24.5 Å². The Hall–Kier alpha value is -2.18. The number of amides is 2. The standard InChI is InChI=1S/C12H12F2N2O3/c13-12(14)19-8-3-1-2-7(6-8)16-9(11(15)18)4-5-10(16)17/h1-3,6,9,12H,4-5H2,(H2,15,18). The van der Waals surface area contributed by atoms with Crippen LogP contribution in [0.4, 0.5) is 14.5 Å². The summed E-state index contributed by atoms with van der Waals surface area (Å²) in [6.45, 7) is -2.95. The molecule has 0 bridgehead atoms. The molecule has 1 unspecified atom stereocenters. The molecule has 1 aliphatic heterocycles. The number of hydrogen-bond acceptors (Lipinski definition) is 3. The Morgan fingerprint density at radius 2 is 2.21 bits per heavy atom. The van der Waals surface area contributed by atoms with Crippen molar-refractivity contribution in [1.82, 2.24) is 0 Å². The smallest absolute Gasteiger partial charge is 0.387 e. The van der Waals surface area contributed by atoms with E-state index in [2.05, 4.69) is 4.74 Å². The molecule has 1 atom stereocenters. The Morgan fingerprint density at radius 3 is 2.84 bits per heavy atom. The largest absolute Gasteiger partial charge is 0.435 e. The first-order valence-corrected chi connectivity index (χ1v) is 5.65. The lowest BCUT2D eigenvalue weighted by Crippen LogP contribution is -2.42. The third-order valence-electron chi connectivity index (χ3n) is 2.86. The first kappa shape index (κ1) is 13.3. The number of anilines is 1. The lowest BCUT2D eigenvalue weighted by molar-refractivity contribution is -0.121. The molecule has 5 nitrogen and oxygen atoms in total. The molecule has 19 heavy (non-hydrogen) atoms. The van der Waals surface area contributed by atoms with E-state index in [1.54, 1.807) is 0 Å². The molecule has 2 rings (SSSR count). The van der Waals surface area contributed by atoms with E-state index < -0.39 is 18.6 Å². The summed E-state index contributed by atoms with van der Waals surface area (Å²) in [6, 6.07) is 4.89. The fourth-order valence-electron chi connectivity index (χ4n) is 2.09. The first-order valence-electron chi connectivity index (χ1n) is 5.65. The zero-order chi connectivity index (χ0) is 14.0. The van der Waals surface area contributed by atoms with E-state index in [1.807, 2.05) is 0 Å². The summed E-state index contributed by atoms with van der Waals surface area (Å²) in [4.78, 5) is 24.2.